The number of carbonyl (C=O) groups excluding carboxylic acids is 1. The molecule has 1 rings (SSSR count). The molecule has 4 nitrogen and oxygen atoms in total. The highest BCUT2D eigenvalue weighted by Gasteiger charge is 2.16. The Kier molecular flexibility index (Phi) is 3.80. The van der Waals surface area contributed by atoms with Gasteiger partial charge in [-0.05, 0) is 25.1 Å². The zero-order chi connectivity index (χ0) is 11.4. The maximum atomic E-state index is 11.1. The Balaban J connectivity index is 2.76. The molecule has 0 radical (unpaired) electrons. The Morgan fingerprint density at radius 1 is 1.53 bits per heavy atom. The molecule has 0 aromatic heterocycles. The summed E-state index contributed by atoms with van der Waals surface area (Å²) in [5, 5.41) is 0.366. The van der Waals surface area contributed by atoms with Gasteiger partial charge in [-0.2, -0.15) is 0 Å². The van der Waals surface area contributed by atoms with Crippen LogP contribution in [0, 0.1) is 0 Å². The summed E-state index contributed by atoms with van der Waals surface area (Å²) in [4.78, 5) is 11.1. The summed E-state index contributed by atoms with van der Waals surface area (Å²) >= 11 is 5.86. The monoisotopic (exact) mass is 229 g/mol. The molecule has 0 saturated carbocycles. The number of nitrogens with two attached hydrogens (primary N) is 1. The third-order valence-corrected chi connectivity index (χ3v) is 2.09. The van der Waals surface area contributed by atoms with E-state index in [1.807, 2.05) is 0 Å². The van der Waals surface area contributed by atoms with Crippen molar-refractivity contribution in [3.05, 3.63) is 23.2 Å². The van der Waals surface area contributed by atoms with Crippen LogP contribution in [0.2, 0.25) is 5.02 Å². The molecule has 0 spiro atoms. The first-order chi connectivity index (χ1) is 7.04. The summed E-state index contributed by atoms with van der Waals surface area (Å²) in [6, 6.07) is 4.81. The maximum Gasteiger partial charge on any atom is 0.346 e. The quantitative estimate of drug-likeness (QED) is 0.635. The molecule has 2 N–H and O–H groups in total. The number of ether oxygens (including phenoxy) is 2. The highest BCUT2D eigenvalue weighted by molar-refractivity contribution is 6.32. The Hall–Kier alpha value is -1.42. The second-order valence-electron chi connectivity index (χ2n) is 2.97. The fourth-order valence-electron chi connectivity index (χ4n) is 1.02. The Labute approximate surface area is 92.9 Å². The number of methoxy groups -OCH3 is 1. The largest absolute Gasteiger partial charge is 0.477 e. The highest BCUT2D eigenvalue weighted by Crippen LogP contribution is 2.27. The molecule has 0 aliphatic heterocycles. The Morgan fingerprint density at radius 2 is 2.20 bits per heavy atom. The van der Waals surface area contributed by atoms with E-state index < -0.39 is 12.1 Å². The predicted octanol–water partition coefficient (Wildman–Crippen LogP) is 1.86. The minimum atomic E-state index is -0.698. The van der Waals surface area contributed by atoms with Crippen LogP contribution in [0.25, 0.3) is 0 Å². The molecule has 0 amide bonds. The molecule has 0 saturated heterocycles. The first-order valence-electron chi connectivity index (χ1n) is 4.34. The van der Waals surface area contributed by atoms with E-state index in [1.165, 1.54) is 7.11 Å². The molecule has 5 heteroatoms. The second kappa shape index (κ2) is 4.89. The van der Waals surface area contributed by atoms with Crippen LogP contribution in [0.15, 0.2) is 18.2 Å². The summed E-state index contributed by atoms with van der Waals surface area (Å²) in [7, 11) is 1.30. The van der Waals surface area contributed by atoms with Crippen molar-refractivity contribution in [2.24, 2.45) is 0 Å². The first-order valence-corrected chi connectivity index (χ1v) is 4.72. The molecule has 1 aromatic rings. The minimum absolute atomic E-state index is 0.366. The second-order valence-corrected chi connectivity index (χ2v) is 3.38. The van der Waals surface area contributed by atoms with Crippen molar-refractivity contribution in [3.63, 3.8) is 0 Å². The zero-order valence-electron chi connectivity index (χ0n) is 8.49. The van der Waals surface area contributed by atoms with E-state index in [0.29, 0.717) is 16.5 Å². The summed E-state index contributed by atoms with van der Waals surface area (Å²) in [5.41, 5.74) is 6.05. The van der Waals surface area contributed by atoms with Gasteiger partial charge in [-0.25, -0.2) is 4.79 Å². The lowest BCUT2D eigenvalue weighted by molar-refractivity contribution is -0.147. The standard InChI is InChI=1S/C10H12ClNO3/c1-6(10(13)14-2)15-9-4-3-7(12)5-8(9)11/h3-6H,12H2,1-2H3. The summed E-state index contributed by atoms with van der Waals surface area (Å²) in [6.07, 6.45) is -0.698. The van der Waals surface area contributed by atoms with Gasteiger partial charge < -0.3 is 15.2 Å². The zero-order valence-corrected chi connectivity index (χ0v) is 9.25. The molecule has 1 unspecified atom stereocenters. The maximum absolute atomic E-state index is 11.1. The van der Waals surface area contributed by atoms with E-state index in [-0.39, 0.29) is 0 Å². The number of hydrogen-bond donors (Lipinski definition) is 1. The fraction of sp³-hybridized carbons (Fsp3) is 0.300. The molecular weight excluding hydrogens is 218 g/mol. The fourth-order valence-corrected chi connectivity index (χ4v) is 1.25. The average Bonchev–Trinajstić information content (AvgIpc) is 2.20. The molecule has 0 bridgehead atoms. The van der Waals surface area contributed by atoms with E-state index in [0.717, 1.165) is 0 Å². The van der Waals surface area contributed by atoms with Crippen molar-refractivity contribution in [1.29, 1.82) is 0 Å². The number of hydrogen-bond acceptors (Lipinski definition) is 4. The van der Waals surface area contributed by atoms with Crippen LogP contribution in [0.3, 0.4) is 0 Å². The van der Waals surface area contributed by atoms with Crippen molar-refractivity contribution in [3.8, 4) is 5.75 Å². The average molecular weight is 230 g/mol. The number of nitrogen functional groups attached to an aromatic ring is 1. The summed E-state index contributed by atoms with van der Waals surface area (Å²) in [5.74, 6) is -0.0494. The lowest BCUT2D eigenvalue weighted by atomic mass is 10.3. The van der Waals surface area contributed by atoms with Gasteiger partial charge in [0.2, 0.25) is 0 Å². The van der Waals surface area contributed by atoms with Gasteiger partial charge in [0.15, 0.2) is 6.10 Å². The minimum Gasteiger partial charge on any atom is -0.477 e. The van der Waals surface area contributed by atoms with Crippen molar-refractivity contribution < 1.29 is 14.3 Å². The van der Waals surface area contributed by atoms with Crippen molar-refractivity contribution >= 4 is 23.3 Å². The molecule has 82 valence electrons. The summed E-state index contributed by atoms with van der Waals surface area (Å²) in [6.45, 7) is 1.58. The van der Waals surface area contributed by atoms with Crippen LogP contribution in [0.1, 0.15) is 6.92 Å². The number of rotatable bonds is 3. The molecule has 0 heterocycles. The normalized spacial score (nSPS) is 11.9. The van der Waals surface area contributed by atoms with E-state index in [2.05, 4.69) is 4.74 Å². The van der Waals surface area contributed by atoms with Crippen LogP contribution in [0.5, 0.6) is 5.75 Å². The van der Waals surface area contributed by atoms with E-state index in [9.17, 15) is 4.79 Å². The number of carbonyl (C=O) groups is 1. The van der Waals surface area contributed by atoms with Gasteiger partial charge in [0.25, 0.3) is 0 Å². The van der Waals surface area contributed by atoms with Gasteiger partial charge >= 0.3 is 5.97 Å². The van der Waals surface area contributed by atoms with Crippen LogP contribution >= 0.6 is 11.6 Å². The lowest BCUT2D eigenvalue weighted by Crippen LogP contribution is -2.25. The highest BCUT2D eigenvalue weighted by atomic mass is 35.5. The Morgan fingerprint density at radius 3 is 2.73 bits per heavy atom. The number of esters is 1. The van der Waals surface area contributed by atoms with Crippen molar-refractivity contribution in [2.45, 2.75) is 13.0 Å². The predicted molar refractivity (Wildman–Crippen MR) is 58.0 cm³/mol. The number of anilines is 1. The van der Waals surface area contributed by atoms with E-state index in [4.69, 9.17) is 22.1 Å². The Bertz CT molecular complexity index is 368. The molecule has 1 aromatic carbocycles. The van der Waals surface area contributed by atoms with Crippen molar-refractivity contribution in [1.82, 2.24) is 0 Å². The molecule has 0 aliphatic carbocycles. The van der Waals surface area contributed by atoms with Crippen LogP contribution in [0.4, 0.5) is 5.69 Å². The third-order valence-electron chi connectivity index (χ3n) is 1.79. The smallest absolute Gasteiger partial charge is 0.346 e. The van der Waals surface area contributed by atoms with E-state index in [1.54, 1.807) is 25.1 Å². The van der Waals surface area contributed by atoms with Crippen LogP contribution in [-0.2, 0) is 9.53 Å². The molecular formula is C10H12ClNO3. The van der Waals surface area contributed by atoms with E-state index >= 15 is 0 Å². The molecule has 1 atom stereocenters. The van der Waals surface area contributed by atoms with Gasteiger partial charge in [-0.1, -0.05) is 11.6 Å². The van der Waals surface area contributed by atoms with Gasteiger partial charge in [-0.15, -0.1) is 0 Å². The van der Waals surface area contributed by atoms with Crippen LogP contribution in [-0.4, -0.2) is 19.2 Å². The third kappa shape index (κ3) is 3.02. The first kappa shape index (κ1) is 11.7. The van der Waals surface area contributed by atoms with Gasteiger partial charge in [0.1, 0.15) is 5.75 Å². The number of halogens is 1. The topological polar surface area (TPSA) is 61.5 Å². The van der Waals surface area contributed by atoms with Crippen LogP contribution < -0.4 is 10.5 Å². The molecule has 15 heavy (non-hydrogen) atoms. The van der Waals surface area contributed by atoms with Gasteiger partial charge in [-0.3, -0.25) is 0 Å². The molecule has 0 aliphatic rings. The SMILES string of the molecule is COC(=O)C(C)Oc1ccc(N)cc1Cl. The van der Waals surface area contributed by atoms with Gasteiger partial charge in [0.05, 0.1) is 12.1 Å². The lowest BCUT2D eigenvalue weighted by Gasteiger charge is -2.13. The number of benzene rings is 1. The molecule has 0 fully saturated rings. The van der Waals surface area contributed by atoms with Crippen molar-refractivity contribution in [2.75, 3.05) is 12.8 Å². The summed E-state index contributed by atoms with van der Waals surface area (Å²) < 4.78 is 9.81. The van der Waals surface area contributed by atoms with Gasteiger partial charge in [0, 0.05) is 5.69 Å².